The Balaban J connectivity index is 1.31. The molecule has 0 saturated heterocycles. The van der Waals surface area contributed by atoms with Crippen LogP contribution in [0.25, 0.3) is 16.7 Å². The second-order valence-electron chi connectivity index (χ2n) is 12.1. The van der Waals surface area contributed by atoms with E-state index in [-0.39, 0.29) is 0 Å². The van der Waals surface area contributed by atoms with Gasteiger partial charge in [-0.1, -0.05) is 30.3 Å². The molecule has 1 aliphatic rings. The fraction of sp³-hybridized carbons (Fsp3) is 0.0444. The summed E-state index contributed by atoms with van der Waals surface area (Å²) >= 11 is 10.9. The fourth-order valence-electron chi connectivity index (χ4n) is 6.72. The van der Waals surface area contributed by atoms with Crippen LogP contribution in [-0.4, -0.2) is 14.2 Å². The van der Waals surface area contributed by atoms with Crippen molar-refractivity contribution in [2.75, 3.05) is 14.2 Å². The molecule has 0 amide bonds. The van der Waals surface area contributed by atoms with E-state index >= 15 is 0 Å². The summed E-state index contributed by atoms with van der Waals surface area (Å²) in [7, 11) is 3.42. The number of rotatable bonds is 11. The van der Waals surface area contributed by atoms with Crippen molar-refractivity contribution >= 4 is 84.7 Å². The van der Waals surface area contributed by atoms with Crippen molar-refractivity contribution in [1.82, 2.24) is 0 Å². The molecule has 1 fully saturated rings. The SMILES string of the molecule is COc1ccc([C+](c2ccc(OC)cc2)c2ccc(C(=C3C(=C(c4cccs4)c4cccs4)C3=C(c3cccs3)c3cccs3)c3cccs3)s2)cc1. The first-order valence-corrected chi connectivity index (χ1v) is 22.1. The van der Waals surface area contributed by atoms with Crippen LogP contribution in [0.1, 0.15) is 45.3 Å². The second-order valence-corrected chi connectivity index (χ2v) is 18.0. The lowest BCUT2D eigenvalue weighted by Crippen LogP contribution is -2.02. The fourth-order valence-corrected chi connectivity index (χ4v) is 12.0. The normalized spacial score (nSPS) is 12.2. The van der Waals surface area contributed by atoms with E-state index in [1.54, 1.807) is 14.2 Å². The largest absolute Gasteiger partial charge is 0.496 e. The number of ether oxygens (including phenoxy) is 2. The van der Waals surface area contributed by atoms with E-state index in [4.69, 9.17) is 9.47 Å². The Labute approximate surface area is 333 Å². The van der Waals surface area contributed by atoms with E-state index in [0.29, 0.717) is 0 Å². The smallest absolute Gasteiger partial charge is 0.131 e. The third-order valence-corrected chi connectivity index (χ3v) is 14.7. The van der Waals surface area contributed by atoms with Crippen LogP contribution in [0.2, 0.25) is 0 Å². The summed E-state index contributed by atoms with van der Waals surface area (Å²) in [6.45, 7) is 0. The van der Waals surface area contributed by atoms with Gasteiger partial charge < -0.3 is 9.47 Å². The number of hydrogen-bond acceptors (Lipinski definition) is 8. The van der Waals surface area contributed by atoms with Gasteiger partial charge in [0.2, 0.25) is 0 Å². The molecule has 258 valence electrons. The van der Waals surface area contributed by atoms with Crippen LogP contribution in [0.15, 0.2) is 165 Å². The summed E-state index contributed by atoms with van der Waals surface area (Å²) in [6, 6.07) is 43.6. The number of benzene rings is 2. The molecular weight excluding hydrogens is 765 g/mol. The zero-order valence-electron chi connectivity index (χ0n) is 28.7. The predicted molar refractivity (Wildman–Crippen MR) is 231 cm³/mol. The van der Waals surface area contributed by atoms with Crippen LogP contribution in [0.4, 0.5) is 0 Å². The standard InChI is InChI=1S/C45H31O2S6/c1-46-30-17-13-28(14-18-30)39(29-15-19-31(47-2)20-16-29)37-21-22-38(53-37)42(36-12-7-27-52-36)45-43(40(32-8-3-23-48-32)33-9-4-24-49-33)44(45)41(34-10-5-25-50-34)35-11-6-26-51-35/h3-27H,1-2H3/q+1. The van der Waals surface area contributed by atoms with Gasteiger partial charge in [0.25, 0.3) is 0 Å². The Morgan fingerprint density at radius 3 is 1.04 bits per heavy atom. The number of hydrogen-bond donors (Lipinski definition) is 0. The minimum absolute atomic E-state index is 0.839. The maximum absolute atomic E-state index is 5.53. The highest BCUT2D eigenvalue weighted by molar-refractivity contribution is 7.16. The minimum atomic E-state index is 0.839. The summed E-state index contributed by atoms with van der Waals surface area (Å²) in [6.07, 6.45) is 0. The molecule has 0 radical (unpaired) electrons. The van der Waals surface area contributed by atoms with Crippen molar-refractivity contribution in [1.29, 1.82) is 0 Å². The number of methoxy groups -OCH3 is 2. The molecule has 8 heteroatoms. The third-order valence-electron chi connectivity index (χ3n) is 9.13. The molecule has 2 aromatic carbocycles. The van der Waals surface area contributed by atoms with Gasteiger partial charge in [-0.2, -0.15) is 0 Å². The molecular formula is C45H31O2S6+. The molecule has 0 spiro atoms. The Morgan fingerprint density at radius 2 is 0.736 bits per heavy atom. The van der Waals surface area contributed by atoms with Crippen LogP contribution in [-0.2, 0) is 0 Å². The van der Waals surface area contributed by atoms with Gasteiger partial charge in [0, 0.05) is 117 Å². The highest BCUT2D eigenvalue weighted by Gasteiger charge is 2.43. The molecule has 9 rings (SSSR count). The van der Waals surface area contributed by atoms with Crippen LogP contribution in [0.3, 0.4) is 0 Å². The van der Waals surface area contributed by atoms with Gasteiger partial charge in [0.05, 0.1) is 36.1 Å². The van der Waals surface area contributed by atoms with Gasteiger partial charge in [-0.05, 0) is 63.3 Å². The van der Waals surface area contributed by atoms with E-state index in [1.807, 2.05) is 92.3 Å². The third kappa shape index (κ3) is 6.61. The zero-order valence-corrected chi connectivity index (χ0v) is 33.6. The summed E-state index contributed by atoms with van der Waals surface area (Å²) < 4.78 is 11.1. The van der Waals surface area contributed by atoms with Crippen LogP contribution in [0.5, 0.6) is 11.5 Å². The lowest BCUT2D eigenvalue weighted by molar-refractivity contribution is 0.414. The van der Waals surface area contributed by atoms with Crippen LogP contribution >= 0.6 is 68.0 Å². The summed E-state index contributed by atoms with van der Waals surface area (Å²) in [5.74, 6) is 2.86. The Bertz CT molecular complexity index is 2310. The van der Waals surface area contributed by atoms with Gasteiger partial charge in [-0.3, -0.25) is 0 Å². The number of allylic oxidation sites excluding steroid dienone is 3. The summed E-state index contributed by atoms with van der Waals surface area (Å²) in [5.41, 5.74) is 10.2. The molecule has 0 N–H and O–H groups in total. The van der Waals surface area contributed by atoms with Gasteiger partial charge in [0.1, 0.15) is 11.5 Å². The number of thiophene rings is 6. The van der Waals surface area contributed by atoms with Gasteiger partial charge in [-0.15, -0.1) is 68.0 Å². The average Bonchev–Trinajstić information content (AvgIpc) is 4.01. The average molecular weight is 796 g/mol. The molecule has 6 aromatic heterocycles. The first-order chi connectivity index (χ1) is 26.2. The van der Waals surface area contributed by atoms with Crippen molar-refractivity contribution in [3.05, 3.63) is 216 Å². The second kappa shape index (κ2) is 15.0. The lowest BCUT2D eigenvalue weighted by Gasteiger charge is -2.12. The van der Waals surface area contributed by atoms with Crippen molar-refractivity contribution < 1.29 is 9.47 Å². The maximum Gasteiger partial charge on any atom is 0.131 e. The van der Waals surface area contributed by atoms with Gasteiger partial charge in [0.15, 0.2) is 0 Å². The van der Waals surface area contributed by atoms with Crippen molar-refractivity contribution in [2.45, 2.75) is 0 Å². The molecule has 53 heavy (non-hydrogen) atoms. The molecule has 6 heterocycles. The molecule has 1 aliphatic carbocycles. The van der Waals surface area contributed by atoms with Crippen LogP contribution < -0.4 is 9.47 Å². The van der Waals surface area contributed by atoms with E-state index in [2.05, 4.69) is 124 Å². The van der Waals surface area contributed by atoms with E-state index in [1.165, 1.54) is 73.5 Å². The first kappa shape index (κ1) is 34.1. The molecule has 0 unspecified atom stereocenters. The highest BCUT2D eigenvalue weighted by atomic mass is 32.1. The molecule has 0 aliphatic heterocycles. The minimum Gasteiger partial charge on any atom is -0.496 e. The monoisotopic (exact) mass is 795 g/mol. The van der Waals surface area contributed by atoms with E-state index < -0.39 is 0 Å². The highest BCUT2D eigenvalue weighted by Crippen LogP contribution is 2.61. The van der Waals surface area contributed by atoms with E-state index in [9.17, 15) is 0 Å². The topological polar surface area (TPSA) is 18.5 Å². The molecule has 0 atom stereocenters. The van der Waals surface area contributed by atoms with Gasteiger partial charge in [-0.25, -0.2) is 0 Å². The molecule has 0 bridgehead atoms. The Morgan fingerprint density at radius 1 is 0.396 bits per heavy atom. The summed E-state index contributed by atoms with van der Waals surface area (Å²) in [5, 5.41) is 11.0. The lowest BCUT2D eigenvalue weighted by atomic mass is 9.90. The first-order valence-electron chi connectivity index (χ1n) is 16.9. The Hall–Kier alpha value is -4.67. The predicted octanol–water partition coefficient (Wildman–Crippen LogP) is 13.9. The molecule has 8 aromatic rings. The van der Waals surface area contributed by atoms with Crippen molar-refractivity contribution in [3.8, 4) is 11.5 Å². The van der Waals surface area contributed by atoms with Crippen LogP contribution in [0, 0.1) is 5.92 Å². The van der Waals surface area contributed by atoms with Gasteiger partial charge >= 0.3 is 0 Å². The quantitative estimate of drug-likeness (QED) is 0.121. The Kier molecular flexibility index (Phi) is 9.65. The summed E-state index contributed by atoms with van der Waals surface area (Å²) in [4.78, 5) is 8.88. The van der Waals surface area contributed by atoms with Crippen molar-refractivity contribution in [2.24, 2.45) is 0 Å². The van der Waals surface area contributed by atoms with E-state index in [0.717, 1.165) is 22.6 Å². The zero-order chi connectivity index (χ0) is 35.7. The molecule has 1 saturated carbocycles. The van der Waals surface area contributed by atoms with Crippen molar-refractivity contribution in [3.63, 3.8) is 0 Å². The molecule has 2 nitrogen and oxygen atoms in total. The maximum atomic E-state index is 5.53.